The normalized spacial score (nSPS) is 10.8. The number of rotatable bonds is 6. The van der Waals surface area contributed by atoms with Gasteiger partial charge in [0.25, 0.3) is 5.91 Å². The number of amides is 1. The van der Waals surface area contributed by atoms with Crippen molar-refractivity contribution in [2.45, 2.75) is 26.8 Å². The van der Waals surface area contributed by atoms with E-state index in [-0.39, 0.29) is 17.5 Å². The van der Waals surface area contributed by atoms with Crippen LogP contribution in [0.1, 0.15) is 36.2 Å². The van der Waals surface area contributed by atoms with Gasteiger partial charge in [-0.3, -0.25) is 14.2 Å². The van der Waals surface area contributed by atoms with E-state index in [1.807, 2.05) is 13.0 Å². The second-order valence-electron chi connectivity index (χ2n) is 5.09. The van der Waals surface area contributed by atoms with E-state index in [1.54, 1.807) is 43.5 Å². The molecule has 1 aromatic carbocycles. The Morgan fingerprint density at radius 3 is 2.54 bits per heavy atom. The largest absolute Gasteiger partial charge is 0.349 e. The summed E-state index contributed by atoms with van der Waals surface area (Å²) in [5.74, 6) is -0.281. The third kappa shape index (κ3) is 4.25. The van der Waals surface area contributed by atoms with Crippen LogP contribution < -0.4 is 11.0 Å². The van der Waals surface area contributed by atoms with E-state index >= 15 is 0 Å². The number of anilines is 1. The smallest absolute Gasteiger partial charge is 0.306 e. The van der Waals surface area contributed by atoms with Crippen LogP contribution in [-0.2, 0) is 11.3 Å². The van der Waals surface area contributed by atoms with Crippen molar-refractivity contribution in [1.29, 1.82) is 0 Å². The number of benzene rings is 1. The first-order valence-electron chi connectivity index (χ1n) is 7.74. The molecule has 6 nitrogen and oxygen atoms in total. The molecule has 0 fully saturated rings. The van der Waals surface area contributed by atoms with Crippen molar-refractivity contribution in [2.75, 3.05) is 5.32 Å². The maximum Gasteiger partial charge on any atom is 0.349 e. The van der Waals surface area contributed by atoms with E-state index in [2.05, 4.69) is 10.3 Å². The van der Waals surface area contributed by atoms with Crippen LogP contribution in [0, 0.1) is 0 Å². The number of carbonyl (C=O) groups excluding carboxylic acids is 2. The summed E-state index contributed by atoms with van der Waals surface area (Å²) in [5.41, 5.74) is 0.501. The van der Waals surface area contributed by atoms with E-state index in [0.717, 1.165) is 0 Å². The first-order valence-corrected chi connectivity index (χ1v) is 7.74. The van der Waals surface area contributed by atoms with Crippen molar-refractivity contribution in [2.24, 2.45) is 0 Å². The van der Waals surface area contributed by atoms with Gasteiger partial charge in [-0.05, 0) is 31.2 Å². The van der Waals surface area contributed by atoms with Gasteiger partial charge in [-0.15, -0.1) is 0 Å². The van der Waals surface area contributed by atoms with E-state index < -0.39 is 5.69 Å². The maximum atomic E-state index is 12.3. The highest BCUT2D eigenvalue weighted by atomic mass is 16.2. The topological polar surface area (TPSA) is 81.1 Å². The first kappa shape index (κ1) is 17.3. The Labute approximate surface area is 139 Å². The first-order chi connectivity index (χ1) is 11.5. The number of hydrogen-bond acceptors (Lipinski definition) is 4. The summed E-state index contributed by atoms with van der Waals surface area (Å²) in [6, 6.07) is 8.63. The molecule has 0 spiro atoms. The van der Waals surface area contributed by atoms with Crippen LogP contribution in [0.3, 0.4) is 0 Å². The average Bonchev–Trinajstić information content (AvgIpc) is 2.61. The number of nitrogens with zero attached hydrogens (tertiary/aromatic N) is 2. The number of hydrogen-bond donors (Lipinski definition) is 1. The Morgan fingerprint density at radius 2 is 1.92 bits per heavy atom. The Morgan fingerprint density at radius 1 is 1.21 bits per heavy atom. The molecule has 0 radical (unpaired) electrons. The standard InChI is InChI=1S/C18H19N3O3/c1-3-15(22)11-10-14-12-21(4-2)18(24)20-16(14)19-17(23)13-8-6-5-7-9-13/h5-12H,3-4H2,1-2H3,(H,19,20,23,24)/b11-10+. The third-order valence-electron chi connectivity index (χ3n) is 3.43. The molecule has 0 aliphatic carbocycles. The molecule has 1 aromatic heterocycles. The number of carbonyl (C=O) groups is 2. The molecular weight excluding hydrogens is 306 g/mol. The van der Waals surface area contributed by atoms with Crippen molar-refractivity contribution in [3.05, 3.63) is 64.2 Å². The molecule has 0 aliphatic heterocycles. The quantitative estimate of drug-likeness (QED) is 0.827. The zero-order valence-corrected chi connectivity index (χ0v) is 13.7. The molecule has 1 amide bonds. The number of ketones is 1. The highest BCUT2D eigenvalue weighted by molar-refractivity contribution is 6.04. The molecule has 2 rings (SSSR count). The van der Waals surface area contributed by atoms with E-state index in [4.69, 9.17) is 0 Å². The lowest BCUT2D eigenvalue weighted by atomic mass is 10.2. The van der Waals surface area contributed by atoms with Crippen LogP contribution in [0.4, 0.5) is 5.82 Å². The summed E-state index contributed by atoms with van der Waals surface area (Å²) in [6.45, 7) is 4.02. The molecule has 0 unspecified atom stereocenters. The van der Waals surface area contributed by atoms with Crippen LogP contribution in [-0.4, -0.2) is 21.2 Å². The number of aryl methyl sites for hydroxylation is 1. The van der Waals surface area contributed by atoms with E-state index in [1.165, 1.54) is 10.6 Å². The van der Waals surface area contributed by atoms with Gasteiger partial charge in [-0.25, -0.2) is 4.79 Å². The van der Waals surface area contributed by atoms with Gasteiger partial charge in [0.2, 0.25) is 0 Å². The van der Waals surface area contributed by atoms with Crippen LogP contribution in [0.15, 0.2) is 47.4 Å². The molecule has 0 saturated heterocycles. The van der Waals surface area contributed by atoms with Crippen molar-refractivity contribution < 1.29 is 9.59 Å². The molecule has 24 heavy (non-hydrogen) atoms. The highest BCUT2D eigenvalue weighted by Gasteiger charge is 2.11. The van der Waals surface area contributed by atoms with E-state index in [9.17, 15) is 14.4 Å². The maximum absolute atomic E-state index is 12.3. The van der Waals surface area contributed by atoms with Gasteiger partial charge in [0, 0.05) is 30.3 Å². The molecule has 0 bridgehead atoms. The molecule has 0 atom stereocenters. The SMILES string of the molecule is CCC(=O)/C=C/c1cn(CC)c(=O)nc1NC(=O)c1ccccc1. The summed E-state index contributed by atoms with van der Waals surface area (Å²) in [7, 11) is 0. The second-order valence-corrected chi connectivity index (χ2v) is 5.09. The minimum atomic E-state index is -0.458. The predicted molar refractivity (Wildman–Crippen MR) is 92.9 cm³/mol. The molecule has 1 heterocycles. The molecule has 6 heteroatoms. The zero-order valence-electron chi connectivity index (χ0n) is 13.7. The van der Waals surface area contributed by atoms with Gasteiger partial charge in [0.05, 0.1) is 0 Å². The van der Waals surface area contributed by atoms with Crippen molar-refractivity contribution in [1.82, 2.24) is 9.55 Å². The van der Waals surface area contributed by atoms with Gasteiger partial charge in [-0.2, -0.15) is 4.98 Å². The average molecular weight is 325 g/mol. The number of allylic oxidation sites excluding steroid dienone is 1. The van der Waals surface area contributed by atoms with Crippen LogP contribution in [0.2, 0.25) is 0 Å². The summed E-state index contributed by atoms with van der Waals surface area (Å²) in [4.78, 5) is 39.6. The molecule has 2 aromatic rings. The molecular formula is C18H19N3O3. The predicted octanol–water partition coefficient (Wildman–Crippen LogP) is 2.51. The van der Waals surface area contributed by atoms with Gasteiger partial charge in [0.15, 0.2) is 5.78 Å². The lowest BCUT2D eigenvalue weighted by molar-refractivity contribution is -0.114. The monoisotopic (exact) mass is 325 g/mol. The fourth-order valence-electron chi connectivity index (χ4n) is 2.03. The minimum absolute atomic E-state index is 0.0513. The van der Waals surface area contributed by atoms with Gasteiger partial charge in [0.1, 0.15) is 5.82 Å². The summed E-state index contributed by atoms with van der Waals surface area (Å²) in [6.07, 6.45) is 4.93. The van der Waals surface area contributed by atoms with Gasteiger partial charge in [-0.1, -0.05) is 25.1 Å². The van der Waals surface area contributed by atoms with Crippen LogP contribution in [0.5, 0.6) is 0 Å². The Bertz CT molecular complexity index is 823. The Hall–Kier alpha value is -3.02. The zero-order chi connectivity index (χ0) is 17.5. The second kappa shape index (κ2) is 8.01. The Kier molecular flexibility index (Phi) is 5.78. The van der Waals surface area contributed by atoms with Crippen molar-refractivity contribution in [3.8, 4) is 0 Å². The molecule has 0 saturated carbocycles. The summed E-state index contributed by atoms with van der Waals surface area (Å²) >= 11 is 0. The lowest BCUT2D eigenvalue weighted by Crippen LogP contribution is -2.25. The number of nitrogens with one attached hydrogen (secondary N) is 1. The van der Waals surface area contributed by atoms with Crippen LogP contribution >= 0.6 is 0 Å². The van der Waals surface area contributed by atoms with E-state index in [0.29, 0.717) is 24.1 Å². The minimum Gasteiger partial charge on any atom is -0.306 e. The number of aromatic nitrogens is 2. The highest BCUT2D eigenvalue weighted by Crippen LogP contribution is 2.14. The summed E-state index contributed by atoms with van der Waals surface area (Å²) in [5, 5.41) is 2.63. The van der Waals surface area contributed by atoms with Gasteiger partial charge >= 0.3 is 5.69 Å². The fourth-order valence-corrected chi connectivity index (χ4v) is 2.03. The van der Waals surface area contributed by atoms with Gasteiger partial charge < -0.3 is 5.32 Å². The molecule has 0 aliphatic rings. The molecule has 124 valence electrons. The summed E-state index contributed by atoms with van der Waals surface area (Å²) < 4.78 is 1.41. The fraction of sp³-hybridized carbons (Fsp3) is 0.222. The van der Waals surface area contributed by atoms with Crippen molar-refractivity contribution >= 4 is 23.6 Å². The molecule has 1 N–H and O–H groups in total. The lowest BCUT2D eigenvalue weighted by Gasteiger charge is -2.10. The third-order valence-corrected chi connectivity index (χ3v) is 3.43. The Balaban J connectivity index is 2.38. The van der Waals surface area contributed by atoms with Crippen LogP contribution in [0.25, 0.3) is 6.08 Å². The van der Waals surface area contributed by atoms with Crippen molar-refractivity contribution in [3.63, 3.8) is 0 Å².